The van der Waals surface area contributed by atoms with Gasteiger partial charge in [0, 0.05) is 18.1 Å². The highest BCUT2D eigenvalue weighted by molar-refractivity contribution is 5.72. The van der Waals surface area contributed by atoms with Gasteiger partial charge in [-0.1, -0.05) is 6.92 Å². The van der Waals surface area contributed by atoms with Crippen LogP contribution in [0.5, 0.6) is 5.75 Å². The summed E-state index contributed by atoms with van der Waals surface area (Å²) in [6, 6.07) is 1.30. The van der Waals surface area contributed by atoms with E-state index in [-0.39, 0.29) is 12.4 Å². The lowest BCUT2D eigenvalue weighted by atomic mass is 10.2. The molecule has 1 aromatic rings. The number of esters is 1. The first-order valence-electron chi connectivity index (χ1n) is 4.36. The van der Waals surface area contributed by atoms with Crippen molar-refractivity contribution in [3.8, 4) is 5.75 Å². The topological polar surface area (TPSA) is 56.5 Å². The molecule has 0 saturated heterocycles. The molecule has 0 radical (unpaired) electrons. The number of ether oxygens (including phenoxy) is 1. The van der Waals surface area contributed by atoms with E-state index < -0.39 is 5.63 Å². The zero-order valence-corrected chi connectivity index (χ0v) is 8.42. The van der Waals surface area contributed by atoms with Gasteiger partial charge in [0.25, 0.3) is 0 Å². The molecule has 0 aliphatic rings. The van der Waals surface area contributed by atoms with Crippen LogP contribution >= 0.6 is 0 Å². The maximum atomic E-state index is 11.0. The van der Waals surface area contributed by atoms with Gasteiger partial charge in [-0.2, -0.15) is 0 Å². The summed E-state index contributed by atoms with van der Waals surface area (Å²) in [5.41, 5.74) is 0.178. The lowest BCUT2D eigenvalue weighted by Crippen LogP contribution is -2.10. The maximum absolute atomic E-state index is 11.0. The van der Waals surface area contributed by atoms with Crippen LogP contribution in [0, 0.1) is 13.8 Å². The lowest BCUT2D eigenvalue weighted by Gasteiger charge is -2.07. The van der Waals surface area contributed by atoms with Gasteiger partial charge in [0.2, 0.25) is 0 Å². The van der Waals surface area contributed by atoms with Crippen molar-refractivity contribution in [1.82, 2.24) is 0 Å². The first-order chi connectivity index (χ1) is 6.54. The Morgan fingerprint density at radius 3 is 2.64 bits per heavy atom. The summed E-state index contributed by atoms with van der Waals surface area (Å²) in [4.78, 5) is 21.9. The molecule has 0 aliphatic carbocycles. The quantitative estimate of drug-likeness (QED) is 0.674. The molecule has 4 heteroatoms. The highest BCUT2D eigenvalue weighted by atomic mass is 16.5. The third kappa shape index (κ3) is 2.22. The standard InChI is InChI=1S/C10H12O4/c1-4-8(11)14-10-6(2)5-9(12)13-7(10)3/h5H,4H2,1-3H3. The van der Waals surface area contributed by atoms with Gasteiger partial charge < -0.3 is 9.15 Å². The molecule has 0 fully saturated rings. The monoisotopic (exact) mass is 196 g/mol. The molecule has 14 heavy (non-hydrogen) atoms. The molecule has 0 N–H and O–H groups in total. The molecule has 0 bridgehead atoms. The third-order valence-electron chi connectivity index (χ3n) is 1.77. The molecule has 0 atom stereocenters. The van der Waals surface area contributed by atoms with Gasteiger partial charge in [-0.15, -0.1) is 0 Å². The van der Waals surface area contributed by atoms with Crippen molar-refractivity contribution < 1.29 is 13.9 Å². The Balaban J connectivity index is 3.09. The van der Waals surface area contributed by atoms with Crippen molar-refractivity contribution in [1.29, 1.82) is 0 Å². The molecule has 76 valence electrons. The van der Waals surface area contributed by atoms with E-state index in [2.05, 4.69) is 0 Å². The SMILES string of the molecule is CCC(=O)Oc1c(C)cc(=O)oc1C. The largest absolute Gasteiger partial charge is 0.424 e. The van der Waals surface area contributed by atoms with Gasteiger partial charge in [-0.3, -0.25) is 4.79 Å². The van der Waals surface area contributed by atoms with Crippen LogP contribution in [0.4, 0.5) is 0 Å². The van der Waals surface area contributed by atoms with E-state index in [1.165, 1.54) is 6.07 Å². The van der Waals surface area contributed by atoms with E-state index in [4.69, 9.17) is 9.15 Å². The number of rotatable bonds is 2. The predicted molar refractivity (Wildman–Crippen MR) is 50.4 cm³/mol. The van der Waals surface area contributed by atoms with Gasteiger partial charge in [0.15, 0.2) is 5.75 Å². The Kier molecular flexibility index (Phi) is 3.06. The van der Waals surface area contributed by atoms with Crippen LogP contribution in [-0.2, 0) is 4.79 Å². The minimum Gasteiger partial charge on any atom is -0.424 e. The van der Waals surface area contributed by atoms with Crippen molar-refractivity contribution in [2.24, 2.45) is 0 Å². The van der Waals surface area contributed by atoms with Gasteiger partial charge in [0.1, 0.15) is 5.76 Å². The van der Waals surface area contributed by atoms with E-state index >= 15 is 0 Å². The fourth-order valence-corrected chi connectivity index (χ4v) is 1.09. The maximum Gasteiger partial charge on any atom is 0.336 e. The Morgan fingerprint density at radius 2 is 2.14 bits per heavy atom. The number of carbonyl (C=O) groups is 1. The number of carbonyl (C=O) groups excluding carboxylic acids is 1. The number of hydrogen-bond acceptors (Lipinski definition) is 4. The fourth-order valence-electron chi connectivity index (χ4n) is 1.09. The lowest BCUT2D eigenvalue weighted by molar-refractivity contribution is -0.134. The molecule has 1 aromatic heterocycles. The number of aryl methyl sites for hydroxylation is 2. The third-order valence-corrected chi connectivity index (χ3v) is 1.77. The van der Waals surface area contributed by atoms with Crippen LogP contribution in [-0.4, -0.2) is 5.97 Å². The molecule has 1 rings (SSSR count). The molecule has 4 nitrogen and oxygen atoms in total. The van der Waals surface area contributed by atoms with E-state index in [0.717, 1.165) is 0 Å². The smallest absolute Gasteiger partial charge is 0.336 e. The summed E-state index contributed by atoms with van der Waals surface area (Å²) < 4.78 is 9.81. The van der Waals surface area contributed by atoms with Crippen LogP contribution in [0.25, 0.3) is 0 Å². The first-order valence-corrected chi connectivity index (χ1v) is 4.36. The highest BCUT2D eigenvalue weighted by Gasteiger charge is 2.10. The summed E-state index contributed by atoms with van der Waals surface area (Å²) in [6.45, 7) is 4.99. The van der Waals surface area contributed by atoms with Gasteiger partial charge in [-0.25, -0.2) is 4.79 Å². The Labute approximate surface area is 81.5 Å². The van der Waals surface area contributed by atoms with Gasteiger partial charge in [0.05, 0.1) is 0 Å². The van der Waals surface area contributed by atoms with E-state index in [1.54, 1.807) is 20.8 Å². The van der Waals surface area contributed by atoms with Crippen LogP contribution in [0.2, 0.25) is 0 Å². The predicted octanol–water partition coefficient (Wildman–Crippen LogP) is 1.57. The molecular weight excluding hydrogens is 184 g/mol. The van der Waals surface area contributed by atoms with Crippen LogP contribution < -0.4 is 10.4 Å². The summed E-state index contributed by atoms with van der Waals surface area (Å²) in [6.07, 6.45) is 0.290. The highest BCUT2D eigenvalue weighted by Crippen LogP contribution is 2.20. The van der Waals surface area contributed by atoms with Crippen LogP contribution in [0.15, 0.2) is 15.3 Å². The van der Waals surface area contributed by atoms with E-state index in [9.17, 15) is 9.59 Å². The summed E-state index contributed by atoms with van der Waals surface area (Å²) in [5, 5.41) is 0. The van der Waals surface area contributed by atoms with Crippen molar-refractivity contribution in [2.45, 2.75) is 27.2 Å². The van der Waals surface area contributed by atoms with E-state index in [0.29, 0.717) is 17.1 Å². The summed E-state index contributed by atoms with van der Waals surface area (Å²) in [7, 11) is 0. The molecule has 0 saturated carbocycles. The molecule has 0 aliphatic heterocycles. The van der Waals surface area contributed by atoms with Gasteiger partial charge >= 0.3 is 11.6 Å². The van der Waals surface area contributed by atoms with Crippen molar-refractivity contribution in [2.75, 3.05) is 0 Å². The second-order valence-electron chi connectivity index (χ2n) is 2.96. The first kappa shape index (κ1) is 10.5. The van der Waals surface area contributed by atoms with Crippen molar-refractivity contribution in [3.05, 3.63) is 27.8 Å². The second kappa shape index (κ2) is 4.09. The average Bonchev–Trinajstić information content (AvgIpc) is 2.10. The normalized spacial score (nSPS) is 9.93. The fraction of sp³-hybridized carbons (Fsp3) is 0.400. The molecule has 0 amide bonds. The molecular formula is C10H12O4. The van der Waals surface area contributed by atoms with Crippen LogP contribution in [0.1, 0.15) is 24.7 Å². The molecule has 0 spiro atoms. The Hall–Kier alpha value is -1.58. The Morgan fingerprint density at radius 1 is 1.50 bits per heavy atom. The minimum absolute atomic E-state index is 0.290. The molecule has 1 heterocycles. The number of hydrogen-bond donors (Lipinski definition) is 0. The zero-order valence-electron chi connectivity index (χ0n) is 8.42. The second-order valence-corrected chi connectivity index (χ2v) is 2.96. The Bertz CT molecular complexity index is 377. The summed E-state index contributed by atoms with van der Waals surface area (Å²) >= 11 is 0. The molecule has 0 unspecified atom stereocenters. The molecule has 0 aromatic carbocycles. The van der Waals surface area contributed by atoms with Crippen molar-refractivity contribution in [3.63, 3.8) is 0 Å². The average molecular weight is 196 g/mol. The minimum atomic E-state index is -0.434. The van der Waals surface area contributed by atoms with E-state index in [1.807, 2.05) is 0 Å². The van der Waals surface area contributed by atoms with Gasteiger partial charge in [-0.05, 0) is 13.8 Å². The zero-order chi connectivity index (χ0) is 10.7. The summed E-state index contributed by atoms with van der Waals surface area (Å²) in [5.74, 6) is 0.332. The van der Waals surface area contributed by atoms with Crippen LogP contribution in [0.3, 0.4) is 0 Å². The van der Waals surface area contributed by atoms with Crippen molar-refractivity contribution >= 4 is 5.97 Å².